The second-order valence-corrected chi connectivity index (χ2v) is 8.45. The van der Waals surface area contributed by atoms with E-state index in [4.69, 9.17) is 4.98 Å². The highest BCUT2D eigenvalue weighted by Gasteiger charge is 2.38. The summed E-state index contributed by atoms with van der Waals surface area (Å²) in [6.45, 7) is 0. The molecular formula is C29H19N4O+. The average molecular weight is 439 g/mol. The van der Waals surface area contributed by atoms with Gasteiger partial charge in [-0.1, -0.05) is 78.9 Å². The first-order chi connectivity index (χ1) is 16.8. The third-order valence-electron chi connectivity index (χ3n) is 6.55. The molecule has 0 saturated carbocycles. The Bertz CT molecular complexity index is 1760. The lowest BCUT2D eigenvalue weighted by Crippen LogP contribution is -2.44. The summed E-state index contributed by atoms with van der Waals surface area (Å²) in [7, 11) is 0. The number of aromatic nitrogens is 4. The Morgan fingerprint density at radius 3 is 2.26 bits per heavy atom. The van der Waals surface area contributed by atoms with E-state index in [2.05, 4.69) is 64.2 Å². The fraction of sp³-hybridized carbons (Fsp3) is 0.0345. The molecule has 7 rings (SSSR count). The Morgan fingerprint density at radius 1 is 0.765 bits per heavy atom. The highest BCUT2D eigenvalue weighted by Crippen LogP contribution is 2.41. The van der Waals surface area contributed by atoms with Gasteiger partial charge in [0.25, 0.3) is 0 Å². The van der Waals surface area contributed by atoms with Crippen LogP contribution in [0.1, 0.15) is 17.3 Å². The molecule has 0 radical (unpaired) electrons. The molecule has 5 aromatic rings. The predicted molar refractivity (Wildman–Crippen MR) is 132 cm³/mol. The number of nitrogens with zero attached hydrogens (tertiary/aromatic N) is 4. The summed E-state index contributed by atoms with van der Waals surface area (Å²) >= 11 is 0. The molecule has 0 N–H and O–H groups in total. The van der Waals surface area contributed by atoms with Gasteiger partial charge in [0.1, 0.15) is 17.3 Å². The third kappa shape index (κ3) is 2.61. The van der Waals surface area contributed by atoms with Crippen LogP contribution in [0.15, 0.2) is 120 Å². The predicted octanol–water partition coefficient (Wildman–Crippen LogP) is 4.68. The first-order valence-electron chi connectivity index (χ1n) is 11.3. The van der Waals surface area contributed by atoms with Crippen molar-refractivity contribution >= 4 is 22.3 Å². The summed E-state index contributed by atoms with van der Waals surface area (Å²) < 4.78 is 3.83. The van der Waals surface area contributed by atoms with Gasteiger partial charge in [0.15, 0.2) is 0 Å². The standard InChI is InChI=1S/C29H19N4O/c34-29-31-27(20-13-5-2-6-14-20)30-28-32-23-17-9-7-15-21(23)25(19-11-3-1-4-12-19)26(32)22-16-8-10-18-24(22)33(28)29/h1-18,23H/q+1. The SMILES string of the molecule is O=c1nc(-c2ccccc2)nc2n1c1ccccc1c1[n+]2C2C=CC=CC2=C1c1ccccc1. The molecule has 0 fully saturated rings. The molecule has 1 aliphatic carbocycles. The van der Waals surface area contributed by atoms with Crippen molar-refractivity contribution in [3.8, 4) is 11.4 Å². The quantitative estimate of drug-likeness (QED) is 0.296. The van der Waals surface area contributed by atoms with Gasteiger partial charge in [0, 0.05) is 16.7 Å². The fourth-order valence-corrected chi connectivity index (χ4v) is 5.13. The highest BCUT2D eigenvalue weighted by atomic mass is 16.1. The second-order valence-electron chi connectivity index (χ2n) is 8.45. The van der Waals surface area contributed by atoms with Gasteiger partial charge in [-0.25, -0.2) is 9.36 Å². The van der Waals surface area contributed by atoms with Crippen molar-refractivity contribution in [2.45, 2.75) is 6.04 Å². The molecule has 0 bridgehead atoms. The summed E-state index contributed by atoms with van der Waals surface area (Å²) in [4.78, 5) is 22.8. The van der Waals surface area contributed by atoms with Crippen molar-refractivity contribution in [2.75, 3.05) is 0 Å². The van der Waals surface area contributed by atoms with Crippen LogP contribution in [0.2, 0.25) is 0 Å². The maximum Gasteiger partial charge on any atom is 0.416 e. The Labute approximate surface area is 195 Å². The first-order valence-corrected chi connectivity index (χ1v) is 11.3. The van der Waals surface area contributed by atoms with E-state index in [1.165, 1.54) is 5.57 Å². The lowest BCUT2D eigenvalue weighted by molar-refractivity contribution is -0.679. The van der Waals surface area contributed by atoms with Gasteiger partial charge < -0.3 is 0 Å². The van der Waals surface area contributed by atoms with Gasteiger partial charge in [0.05, 0.1) is 5.39 Å². The van der Waals surface area contributed by atoms with Crippen LogP contribution >= 0.6 is 0 Å². The minimum absolute atomic E-state index is 0.0623. The molecule has 2 aromatic heterocycles. The van der Waals surface area contributed by atoms with Crippen molar-refractivity contribution < 1.29 is 4.57 Å². The first kappa shape index (κ1) is 18.9. The smallest absolute Gasteiger partial charge is 0.226 e. The van der Waals surface area contributed by atoms with Crippen molar-refractivity contribution in [1.82, 2.24) is 14.4 Å². The Morgan fingerprint density at radius 2 is 1.47 bits per heavy atom. The number of rotatable bonds is 2. The summed E-state index contributed by atoms with van der Waals surface area (Å²) in [5.41, 5.74) is 5.85. The number of benzene rings is 3. The van der Waals surface area contributed by atoms with Crippen LogP contribution in [-0.2, 0) is 0 Å². The van der Waals surface area contributed by atoms with E-state index in [-0.39, 0.29) is 11.7 Å². The zero-order valence-corrected chi connectivity index (χ0v) is 18.2. The fourth-order valence-electron chi connectivity index (χ4n) is 5.13. The number of para-hydroxylation sites is 1. The zero-order valence-electron chi connectivity index (χ0n) is 18.2. The topological polar surface area (TPSA) is 51.1 Å². The Kier molecular flexibility index (Phi) is 3.99. The minimum atomic E-state index is -0.333. The maximum atomic E-state index is 13.5. The molecule has 0 saturated heterocycles. The van der Waals surface area contributed by atoms with E-state index in [1.807, 2.05) is 54.6 Å². The van der Waals surface area contributed by atoms with Crippen molar-refractivity contribution in [3.63, 3.8) is 0 Å². The van der Waals surface area contributed by atoms with Crippen LogP contribution in [-0.4, -0.2) is 14.4 Å². The van der Waals surface area contributed by atoms with E-state index in [0.717, 1.165) is 33.3 Å². The molecular weight excluding hydrogens is 420 g/mol. The van der Waals surface area contributed by atoms with Crippen LogP contribution in [0.25, 0.3) is 33.6 Å². The van der Waals surface area contributed by atoms with E-state index in [1.54, 1.807) is 4.40 Å². The average Bonchev–Trinajstić information content (AvgIpc) is 3.25. The zero-order chi connectivity index (χ0) is 22.6. The molecule has 1 unspecified atom stereocenters. The molecule has 5 nitrogen and oxygen atoms in total. The Hall–Kier alpha value is -4.64. The number of hydrogen-bond acceptors (Lipinski definition) is 3. The van der Waals surface area contributed by atoms with Crippen molar-refractivity contribution in [2.24, 2.45) is 0 Å². The lowest BCUT2D eigenvalue weighted by Gasteiger charge is -2.14. The van der Waals surface area contributed by atoms with Crippen molar-refractivity contribution in [3.05, 3.63) is 137 Å². The second kappa shape index (κ2) is 7.18. The van der Waals surface area contributed by atoms with E-state index >= 15 is 0 Å². The summed E-state index contributed by atoms with van der Waals surface area (Å²) in [5.74, 6) is 1.02. The van der Waals surface area contributed by atoms with Crippen LogP contribution in [0.3, 0.4) is 0 Å². The summed E-state index contributed by atoms with van der Waals surface area (Å²) in [5, 5.41) is 0.996. The van der Waals surface area contributed by atoms with Gasteiger partial charge in [-0.15, -0.1) is 9.38 Å². The number of allylic oxidation sites excluding steroid dienone is 5. The molecule has 2 aliphatic rings. The molecule has 34 heavy (non-hydrogen) atoms. The van der Waals surface area contributed by atoms with E-state index in [0.29, 0.717) is 11.6 Å². The largest absolute Gasteiger partial charge is 0.416 e. The van der Waals surface area contributed by atoms with E-state index < -0.39 is 0 Å². The van der Waals surface area contributed by atoms with Crippen molar-refractivity contribution in [1.29, 1.82) is 0 Å². The molecule has 0 spiro atoms. The molecule has 1 atom stereocenters. The van der Waals surface area contributed by atoms with Gasteiger partial charge in [-0.3, -0.25) is 0 Å². The maximum absolute atomic E-state index is 13.5. The van der Waals surface area contributed by atoms with Crippen LogP contribution in [0.4, 0.5) is 0 Å². The molecule has 160 valence electrons. The van der Waals surface area contributed by atoms with Gasteiger partial charge in [0.2, 0.25) is 5.82 Å². The highest BCUT2D eigenvalue weighted by molar-refractivity contribution is 5.97. The summed E-state index contributed by atoms with van der Waals surface area (Å²) in [6.07, 6.45) is 8.46. The monoisotopic (exact) mass is 439 g/mol. The number of fused-ring (bicyclic) bond motifs is 8. The summed E-state index contributed by atoms with van der Waals surface area (Å²) in [6, 6.07) is 28.0. The molecule has 0 amide bonds. The number of hydrogen-bond donors (Lipinski definition) is 0. The Balaban J connectivity index is 1.67. The van der Waals surface area contributed by atoms with Crippen LogP contribution in [0.5, 0.6) is 0 Å². The van der Waals surface area contributed by atoms with Crippen LogP contribution < -0.4 is 10.3 Å². The molecule has 5 heteroatoms. The molecule has 3 heterocycles. The third-order valence-corrected chi connectivity index (χ3v) is 6.55. The minimum Gasteiger partial charge on any atom is -0.226 e. The van der Waals surface area contributed by atoms with Gasteiger partial charge in [-0.05, 0) is 40.9 Å². The van der Waals surface area contributed by atoms with Gasteiger partial charge >= 0.3 is 11.5 Å². The lowest BCUT2D eigenvalue weighted by atomic mass is 9.93. The van der Waals surface area contributed by atoms with E-state index in [9.17, 15) is 4.79 Å². The molecule has 3 aromatic carbocycles. The van der Waals surface area contributed by atoms with Gasteiger partial charge in [-0.2, -0.15) is 0 Å². The van der Waals surface area contributed by atoms with Crippen LogP contribution in [0, 0.1) is 0 Å². The molecule has 1 aliphatic heterocycles. The normalized spacial score (nSPS) is 16.3.